The van der Waals surface area contributed by atoms with E-state index in [1.807, 2.05) is 18.2 Å². The minimum atomic E-state index is -0.732. The van der Waals surface area contributed by atoms with Gasteiger partial charge in [0.2, 0.25) is 0 Å². The molecule has 0 amide bonds. The van der Waals surface area contributed by atoms with Crippen molar-refractivity contribution in [1.82, 2.24) is 4.57 Å². The van der Waals surface area contributed by atoms with Gasteiger partial charge in [-0.25, -0.2) is 0 Å². The molecule has 0 spiro atoms. The van der Waals surface area contributed by atoms with E-state index in [1.54, 1.807) is 0 Å². The van der Waals surface area contributed by atoms with Gasteiger partial charge in [0.1, 0.15) is 0 Å². The van der Waals surface area contributed by atoms with Crippen molar-refractivity contribution >= 4 is 5.97 Å². The summed E-state index contributed by atoms with van der Waals surface area (Å²) in [4.78, 5) is 10.6. The number of aromatic nitrogens is 1. The van der Waals surface area contributed by atoms with E-state index in [2.05, 4.69) is 22.8 Å². The number of rotatable bonds is 6. The summed E-state index contributed by atoms with van der Waals surface area (Å²) < 4.78 is 2.24. The topological polar surface area (TPSA) is 62.5 Å². The van der Waals surface area contributed by atoms with Gasteiger partial charge in [0.25, 0.3) is 0 Å². The van der Waals surface area contributed by atoms with E-state index in [0.29, 0.717) is 12.8 Å². The highest BCUT2D eigenvalue weighted by molar-refractivity contribution is 5.66. The molecule has 4 nitrogen and oxygen atoms in total. The average Bonchev–Trinajstić information content (AvgIpc) is 2.99. The van der Waals surface area contributed by atoms with Crippen LogP contribution in [0.25, 0.3) is 5.69 Å². The second-order valence-corrected chi connectivity index (χ2v) is 5.94. The Bertz CT molecular complexity index is 660. The molecule has 0 radical (unpaired) electrons. The lowest BCUT2D eigenvalue weighted by Crippen LogP contribution is -2.10. The summed E-state index contributed by atoms with van der Waals surface area (Å²) in [7, 11) is 0. The van der Waals surface area contributed by atoms with Gasteiger partial charge < -0.3 is 14.8 Å². The predicted octanol–water partition coefficient (Wildman–Crippen LogP) is 2.73. The van der Waals surface area contributed by atoms with Crippen LogP contribution in [0.1, 0.15) is 36.2 Å². The zero-order valence-electron chi connectivity index (χ0n) is 12.5. The first-order valence-electron chi connectivity index (χ1n) is 7.83. The van der Waals surface area contributed by atoms with Crippen molar-refractivity contribution in [3.8, 4) is 5.69 Å². The molecular formula is C18H21NO3. The number of carboxylic acid groups (broad SMARTS) is 1. The molecule has 4 heteroatoms. The lowest BCUT2D eigenvalue weighted by atomic mass is 10.1. The summed E-state index contributed by atoms with van der Waals surface area (Å²) in [6, 6.07) is 12.4. The van der Waals surface area contributed by atoms with E-state index in [1.165, 1.54) is 17.0 Å². The van der Waals surface area contributed by atoms with Crippen LogP contribution in [0.3, 0.4) is 0 Å². The largest absolute Gasteiger partial charge is 0.481 e. The Balaban J connectivity index is 1.84. The van der Waals surface area contributed by atoms with Gasteiger partial charge in [0.05, 0.1) is 6.10 Å². The maximum atomic E-state index is 10.6. The number of carboxylic acids is 1. The third-order valence-corrected chi connectivity index (χ3v) is 4.24. The van der Waals surface area contributed by atoms with E-state index in [0.717, 1.165) is 24.9 Å². The first kappa shape index (κ1) is 14.9. The normalized spacial score (nSPS) is 16.7. The number of benzene rings is 1. The summed E-state index contributed by atoms with van der Waals surface area (Å²) in [5, 5.41) is 18.6. The van der Waals surface area contributed by atoms with Crippen molar-refractivity contribution in [3.63, 3.8) is 0 Å². The number of unbranched alkanes of at least 4 members (excludes halogenated alkanes) is 1. The van der Waals surface area contributed by atoms with Crippen LogP contribution in [0.2, 0.25) is 0 Å². The second-order valence-electron chi connectivity index (χ2n) is 5.94. The SMILES string of the molecule is O=C(O)CCCCc1cc2c(n1-c1ccccc1)CC(O)C2. The molecular weight excluding hydrogens is 278 g/mol. The first-order valence-corrected chi connectivity index (χ1v) is 7.83. The highest BCUT2D eigenvalue weighted by atomic mass is 16.4. The Morgan fingerprint density at radius 2 is 1.95 bits per heavy atom. The van der Waals surface area contributed by atoms with Crippen molar-refractivity contribution < 1.29 is 15.0 Å². The van der Waals surface area contributed by atoms with Gasteiger partial charge in [0, 0.05) is 36.3 Å². The average molecular weight is 299 g/mol. The molecule has 22 heavy (non-hydrogen) atoms. The van der Waals surface area contributed by atoms with Crippen LogP contribution in [-0.2, 0) is 24.1 Å². The van der Waals surface area contributed by atoms with E-state index in [4.69, 9.17) is 5.11 Å². The van der Waals surface area contributed by atoms with Crippen molar-refractivity contribution in [1.29, 1.82) is 0 Å². The first-order chi connectivity index (χ1) is 10.6. The van der Waals surface area contributed by atoms with Gasteiger partial charge >= 0.3 is 5.97 Å². The molecule has 1 aromatic heterocycles. The predicted molar refractivity (Wildman–Crippen MR) is 84.4 cm³/mol. The Morgan fingerprint density at radius 1 is 1.18 bits per heavy atom. The zero-order chi connectivity index (χ0) is 15.5. The molecule has 116 valence electrons. The summed E-state index contributed by atoms with van der Waals surface area (Å²) in [6.07, 6.45) is 3.79. The van der Waals surface area contributed by atoms with Crippen LogP contribution < -0.4 is 0 Å². The highest BCUT2D eigenvalue weighted by Gasteiger charge is 2.25. The molecule has 1 aliphatic carbocycles. The molecule has 1 unspecified atom stereocenters. The van der Waals surface area contributed by atoms with Gasteiger partial charge in [0.15, 0.2) is 0 Å². The molecule has 2 aromatic rings. The van der Waals surface area contributed by atoms with Crippen molar-refractivity contribution in [2.45, 2.75) is 44.6 Å². The number of aryl methyl sites for hydroxylation is 1. The fourth-order valence-corrected chi connectivity index (χ4v) is 3.28. The Kier molecular flexibility index (Phi) is 4.29. The lowest BCUT2D eigenvalue weighted by molar-refractivity contribution is -0.137. The lowest BCUT2D eigenvalue weighted by Gasteiger charge is -2.13. The Morgan fingerprint density at radius 3 is 2.68 bits per heavy atom. The standard InChI is InChI=1S/C18H21NO3/c20-16-11-13-10-15(8-4-5-9-18(21)22)19(17(13)12-16)14-6-2-1-3-7-14/h1-3,6-7,10,16,20H,4-5,8-9,11-12H2,(H,21,22). The van der Waals surface area contributed by atoms with Gasteiger partial charge in [-0.3, -0.25) is 4.79 Å². The van der Waals surface area contributed by atoms with Crippen LogP contribution in [0, 0.1) is 0 Å². The van der Waals surface area contributed by atoms with Gasteiger partial charge in [-0.05, 0) is 43.0 Å². The fourth-order valence-electron chi connectivity index (χ4n) is 3.28. The number of para-hydroxylation sites is 1. The molecule has 0 bridgehead atoms. The number of aliphatic hydroxyl groups is 1. The number of hydrogen-bond acceptors (Lipinski definition) is 2. The minimum absolute atomic E-state index is 0.227. The number of aliphatic hydroxyl groups excluding tert-OH is 1. The molecule has 0 fully saturated rings. The van der Waals surface area contributed by atoms with Crippen molar-refractivity contribution in [2.75, 3.05) is 0 Å². The smallest absolute Gasteiger partial charge is 0.303 e. The molecule has 2 N–H and O–H groups in total. The number of carbonyl (C=O) groups is 1. The zero-order valence-corrected chi connectivity index (χ0v) is 12.5. The van der Waals surface area contributed by atoms with E-state index >= 15 is 0 Å². The number of fused-ring (bicyclic) bond motifs is 1. The number of aliphatic carboxylic acids is 1. The molecule has 3 rings (SSSR count). The maximum absolute atomic E-state index is 10.6. The van der Waals surface area contributed by atoms with E-state index < -0.39 is 5.97 Å². The quantitative estimate of drug-likeness (QED) is 0.806. The molecule has 0 aliphatic heterocycles. The Labute approximate surface area is 130 Å². The van der Waals surface area contributed by atoms with Gasteiger partial charge in [-0.1, -0.05) is 18.2 Å². The van der Waals surface area contributed by atoms with Crippen molar-refractivity contribution in [2.24, 2.45) is 0 Å². The second kappa shape index (κ2) is 6.36. The molecule has 1 aliphatic rings. The summed E-state index contributed by atoms with van der Waals surface area (Å²) in [5.41, 5.74) is 4.76. The monoisotopic (exact) mass is 299 g/mol. The fraction of sp³-hybridized carbons (Fsp3) is 0.389. The van der Waals surface area contributed by atoms with Crippen LogP contribution in [0.5, 0.6) is 0 Å². The maximum Gasteiger partial charge on any atom is 0.303 e. The van der Waals surface area contributed by atoms with E-state index in [-0.39, 0.29) is 12.5 Å². The third-order valence-electron chi connectivity index (χ3n) is 4.24. The van der Waals surface area contributed by atoms with Gasteiger partial charge in [-0.15, -0.1) is 0 Å². The minimum Gasteiger partial charge on any atom is -0.481 e. The number of hydrogen-bond donors (Lipinski definition) is 2. The van der Waals surface area contributed by atoms with Crippen LogP contribution in [-0.4, -0.2) is 26.9 Å². The molecule has 1 atom stereocenters. The highest BCUT2D eigenvalue weighted by Crippen LogP contribution is 2.30. The van der Waals surface area contributed by atoms with Crippen LogP contribution in [0.4, 0.5) is 0 Å². The van der Waals surface area contributed by atoms with Gasteiger partial charge in [-0.2, -0.15) is 0 Å². The summed E-state index contributed by atoms with van der Waals surface area (Å²) >= 11 is 0. The number of nitrogens with zero attached hydrogens (tertiary/aromatic N) is 1. The summed E-state index contributed by atoms with van der Waals surface area (Å²) in [6.45, 7) is 0. The van der Waals surface area contributed by atoms with Crippen LogP contribution in [0.15, 0.2) is 36.4 Å². The molecule has 1 heterocycles. The molecule has 1 aromatic carbocycles. The van der Waals surface area contributed by atoms with Crippen LogP contribution >= 0.6 is 0 Å². The summed E-state index contributed by atoms with van der Waals surface area (Å²) in [5.74, 6) is -0.732. The molecule has 0 saturated carbocycles. The third kappa shape index (κ3) is 3.07. The van der Waals surface area contributed by atoms with Crippen molar-refractivity contribution in [3.05, 3.63) is 53.3 Å². The van der Waals surface area contributed by atoms with E-state index in [9.17, 15) is 9.90 Å². The molecule has 0 saturated heterocycles. The Hall–Kier alpha value is -2.07.